The minimum atomic E-state index is -4.47. The number of alkyl halides is 3. The molecule has 0 radical (unpaired) electrons. The quantitative estimate of drug-likeness (QED) is 0.395. The molecule has 0 aliphatic heterocycles. The molecule has 2 rings (SSSR count). The van der Waals surface area contributed by atoms with Crippen LogP contribution in [0.2, 0.25) is 0 Å². The summed E-state index contributed by atoms with van der Waals surface area (Å²) in [6.45, 7) is 2.42. The smallest absolute Gasteiger partial charge is 0.405 e. The number of carbonyl (C=O) groups is 1. The van der Waals surface area contributed by atoms with Crippen LogP contribution in [-0.4, -0.2) is 39.1 Å². The second kappa shape index (κ2) is 9.40. The number of benzene rings is 1. The Morgan fingerprint density at radius 3 is 2.74 bits per heavy atom. The van der Waals surface area contributed by atoms with E-state index in [4.69, 9.17) is 4.74 Å². The predicted molar refractivity (Wildman–Crippen MR) is 90.7 cm³/mol. The van der Waals surface area contributed by atoms with Crippen molar-refractivity contribution in [1.82, 2.24) is 20.1 Å². The number of hydrogen-bond donors (Lipinski definition) is 1. The minimum Gasteiger partial charge on any atom is -0.483 e. The molecular formula is C16H16F4N4O2S. The molecule has 1 amide bonds. The van der Waals surface area contributed by atoms with Crippen LogP contribution in [0.4, 0.5) is 17.6 Å². The zero-order chi connectivity index (χ0) is 19.9. The lowest BCUT2D eigenvalue weighted by atomic mass is 10.3. The number of ether oxygens (including phenoxy) is 1. The van der Waals surface area contributed by atoms with Crippen LogP contribution in [0.3, 0.4) is 0 Å². The molecule has 0 aliphatic rings. The number of halogens is 4. The highest BCUT2D eigenvalue weighted by Crippen LogP contribution is 2.20. The third kappa shape index (κ3) is 6.59. The fraction of sp³-hybridized carbons (Fsp3) is 0.312. The van der Waals surface area contributed by atoms with Gasteiger partial charge in [0.05, 0.1) is 5.75 Å². The molecule has 11 heteroatoms. The van der Waals surface area contributed by atoms with Crippen LogP contribution in [0, 0.1) is 5.82 Å². The van der Waals surface area contributed by atoms with Crippen molar-refractivity contribution in [1.29, 1.82) is 0 Å². The van der Waals surface area contributed by atoms with Crippen LogP contribution >= 0.6 is 11.8 Å². The van der Waals surface area contributed by atoms with Gasteiger partial charge in [0, 0.05) is 6.54 Å². The Labute approximate surface area is 156 Å². The van der Waals surface area contributed by atoms with Gasteiger partial charge >= 0.3 is 6.18 Å². The number of allylic oxidation sites excluding steroid dienone is 1. The number of amides is 1. The van der Waals surface area contributed by atoms with Crippen molar-refractivity contribution >= 4 is 17.7 Å². The van der Waals surface area contributed by atoms with E-state index in [2.05, 4.69) is 16.8 Å². The second-order valence-electron chi connectivity index (χ2n) is 5.20. The minimum absolute atomic E-state index is 0.0476. The van der Waals surface area contributed by atoms with Gasteiger partial charge in [0.15, 0.2) is 22.5 Å². The number of hydrogen-bond acceptors (Lipinski definition) is 5. The number of thioether (sulfide) groups is 1. The summed E-state index contributed by atoms with van der Waals surface area (Å²) in [6, 6.07) is 5.86. The van der Waals surface area contributed by atoms with Gasteiger partial charge < -0.3 is 10.1 Å². The number of nitrogens with zero attached hydrogens (tertiary/aromatic N) is 3. The first-order valence-corrected chi connectivity index (χ1v) is 8.65. The lowest BCUT2D eigenvalue weighted by molar-refractivity contribution is -0.136. The van der Waals surface area contributed by atoms with Crippen LogP contribution in [0.25, 0.3) is 0 Å². The molecule has 27 heavy (non-hydrogen) atoms. The number of nitrogens with one attached hydrogen (secondary N) is 1. The van der Waals surface area contributed by atoms with Gasteiger partial charge in [0.1, 0.15) is 13.2 Å². The highest BCUT2D eigenvalue weighted by atomic mass is 32.2. The van der Waals surface area contributed by atoms with Crippen molar-refractivity contribution in [3.05, 3.63) is 48.6 Å². The molecule has 0 spiro atoms. The molecule has 0 fully saturated rings. The molecule has 0 saturated carbocycles. The molecule has 0 bridgehead atoms. The van der Waals surface area contributed by atoms with E-state index in [0.29, 0.717) is 11.0 Å². The fourth-order valence-electron chi connectivity index (χ4n) is 1.93. The third-order valence-corrected chi connectivity index (χ3v) is 4.08. The largest absolute Gasteiger partial charge is 0.483 e. The van der Waals surface area contributed by atoms with Gasteiger partial charge in [0.2, 0.25) is 5.91 Å². The van der Waals surface area contributed by atoms with Crippen molar-refractivity contribution < 1.29 is 27.1 Å². The highest BCUT2D eigenvalue weighted by Gasteiger charge is 2.27. The zero-order valence-corrected chi connectivity index (χ0v) is 14.8. The van der Waals surface area contributed by atoms with E-state index < -0.39 is 24.4 Å². The maximum absolute atomic E-state index is 13.6. The van der Waals surface area contributed by atoms with Gasteiger partial charge in [-0.1, -0.05) is 30.0 Å². The maximum Gasteiger partial charge on any atom is 0.405 e. The van der Waals surface area contributed by atoms with E-state index in [-0.39, 0.29) is 24.7 Å². The standard InChI is InChI=1S/C16H16F4N4O2S/c1-2-7-24-13(8-26-12-6-4-3-5-11(12)17)22-23-15(24)27-9-14(25)21-10-16(18,19)20/h2-6H,1,7-10H2,(H,21,25). The van der Waals surface area contributed by atoms with Gasteiger partial charge in [-0.3, -0.25) is 9.36 Å². The highest BCUT2D eigenvalue weighted by molar-refractivity contribution is 7.99. The third-order valence-electron chi connectivity index (χ3n) is 3.12. The van der Waals surface area contributed by atoms with Crippen molar-refractivity contribution in [2.75, 3.05) is 12.3 Å². The number of aromatic nitrogens is 3. The van der Waals surface area contributed by atoms with Crippen LogP contribution in [0.15, 0.2) is 42.1 Å². The summed E-state index contributed by atoms with van der Waals surface area (Å²) in [5, 5.41) is 9.92. The number of carbonyl (C=O) groups excluding carboxylic acids is 1. The van der Waals surface area contributed by atoms with E-state index in [1.54, 1.807) is 22.0 Å². The van der Waals surface area contributed by atoms with Gasteiger partial charge in [-0.2, -0.15) is 13.2 Å². The van der Waals surface area contributed by atoms with Crippen LogP contribution in [0.5, 0.6) is 5.75 Å². The lowest BCUT2D eigenvalue weighted by Crippen LogP contribution is -2.34. The Morgan fingerprint density at radius 2 is 2.07 bits per heavy atom. The summed E-state index contributed by atoms with van der Waals surface area (Å²) >= 11 is 0.924. The Kier molecular flexibility index (Phi) is 7.22. The molecular weight excluding hydrogens is 388 g/mol. The van der Waals surface area contributed by atoms with E-state index in [0.717, 1.165) is 11.8 Å². The molecule has 0 unspecified atom stereocenters. The molecule has 146 valence electrons. The first-order valence-electron chi connectivity index (χ1n) is 7.66. The maximum atomic E-state index is 13.6. The van der Waals surface area contributed by atoms with E-state index >= 15 is 0 Å². The van der Waals surface area contributed by atoms with Crippen molar-refractivity contribution in [3.63, 3.8) is 0 Å². The summed E-state index contributed by atoms with van der Waals surface area (Å²) in [7, 11) is 0. The topological polar surface area (TPSA) is 69.0 Å². The fourth-order valence-corrected chi connectivity index (χ4v) is 2.73. The Hall–Kier alpha value is -2.56. The van der Waals surface area contributed by atoms with Crippen LogP contribution in [-0.2, 0) is 17.9 Å². The lowest BCUT2D eigenvalue weighted by Gasteiger charge is -2.10. The molecule has 1 aromatic heterocycles. The SMILES string of the molecule is C=CCn1c(COc2ccccc2F)nnc1SCC(=O)NCC(F)(F)F. The summed E-state index contributed by atoms with van der Waals surface area (Å²) in [4.78, 5) is 11.5. The normalized spacial score (nSPS) is 11.3. The summed E-state index contributed by atoms with van der Waals surface area (Å²) in [5.41, 5.74) is 0. The molecule has 6 nitrogen and oxygen atoms in total. The Morgan fingerprint density at radius 1 is 1.33 bits per heavy atom. The van der Waals surface area contributed by atoms with Crippen molar-refractivity contribution in [2.45, 2.75) is 24.5 Å². The van der Waals surface area contributed by atoms with Gasteiger partial charge in [-0.05, 0) is 12.1 Å². The van der Waals surface area contributed by atoms with E-state index in [9.17, 15) is 22.4 Å². The summed E-state index contributed by atoms with van der Waals surface area (Å²) in [6.07, 6.45) is -2.91. The Balaban J connectivity index is 1.98. The van der Waals surface area contributed by atoms with Crippen molar-refractivity contribution in [3.8, 4) is 5.75 Å². The first kappa shape index (κ1) is 20.7. The second-order valence-corrected chi connectivity index (χ2v) is 6.14. The van der Waals surface area contributed by atoms with E-state index in [1.165, 1.54) is 18.2 Å². The van der Waals surface area contributed by atoms with Crippen LogP contribution in [0.1, 0.15) is 5.82 Å². The average Bonchev–Trinajstić information content (AvgIpc) is 2.99. The van der Waals surface area contributed by atoms with Gasteiger partial charge in [-0.15, -0.1) is 16.8 Å². The number of para-hydroxylation sites is 1. The van der Waals surface area contributed by atoms with Gasteiger partial charge in [-0.25, -0.2) is 4.39 Å². The van der Waals surface area contributed by atoms with E-state index in [1.807, 2.05) is 0 Å². The molecule has 1 aromatic carbocycles. The number of rotatable bonds is 9. The van der Waals surface area contributed by atoms with Crippen molar-refractivity contribution in [2.24, 2.45) is 0 Å². The zero-order valence-electron chi connectivity index (χ0n) is 14.0. The molecule has 1 heterocycles. The average molecular weight is 404 g/mol. The Bertz CT molecular complexity index is 795. The first-order chi connectivity index (χ1) is 12.8. The molecule has 0 atom stereocenters. The summed E-state index contributed by atoms with van der Waals surface area (Å²) < 4.78 is 56.9. The van der Waals surface area contributed by atoms with Gasteiger partial charge in [0.25, 0.3) is 0 Å². The summed E-state index contributed by atoms with van der Waals surface area (Å²) in [5.74, 6) is -1.17. The molecule has 0 aliphatic carbocycles. The van der Waals surface area contributed by atoms with Crippen LogP contribution < -0.4 is 10.1 Å². The molecule has 0 saturated heterocycles. The molecule has 2 aromatic rings. The molecule has 1 N–H and O–H groups in total. The predicted octanol–water partition coefficient (Wildman–Crippen LogP) is 2.95. The monoisotopic (exact) mass is 404 g/mol.